The second-order valence-electron chi connectivity index (χ2n) is 23.9. The molecule has 0 saturated carbocycles. The number of hydrogen-bond acceptors (Lipinski definition) is 5. The van der Waals surface area contributed by atoms with Crippen molar-refractivity contribution in [3.05, 3.63) is 203 Å². The van der Waals surface area contributed by atoms with Gasteiger partial charge in [-0.2, -0.15) is 0 Å². The zero-order valence-electron chi connectivity index (χ0n) is 48.2. The molecule has 0 saturated heterocycles. The van der Waals surface area contributed by atoms with Crippen molar-refractivity contribution in [1.82, 2.24) is 17.9 Å². The van der Waals surface area contributed by atoms with E-state index in [9.17, 15) is 0 Å². The lowest BCUT2D eigenvalue weighted by molar-refractivity contribution is 0.486. The molecule has 4 aliphatic heterocycles. The highest BCUT2D eigenvalue weighted by molar-refractivity contribution is 7.26. The number of nitrogens with zero attached hydrogens (tertiary/aromatic N) is 4. The standard InChI is InChI=1S/C37H23BN2O2S.C35H23BN2O2.C2H6/c1-18-12-20(3)35-26(14-18)40-36-34(32-22-9-5-7-11-31(22)43-37(32)40)38-24-17-28-23(21-8-4-6-10-27(21)41-28)16-29(24)42-30-15-19(2)13-25(33(30)38)39(35)36;1-18-14-20(3)33-25(16-18)38-34-32(30-29-22-9-5-4-8-21(22)12-13-27(29)40-35(30)38)36-23-10-6-7-11-26(23)39-28-17-19(2)15-24(31(28)36)37(33)34;1-2/h4-17H,1-3H3;4-17H,1-3H3;1-2H3. The summed E-state index contributed by atoms with van der Waals surface area (Å²) in [6.45, 7) is 17.2. The Morgan fingerprint density at radius 3 is 1.73 bits per heavy atom. The number of hydrogen-bond donors (Lipinski definition) is 0. The van der Waals surface area contributed by atoms with E-state index in [0.717, 1.165) is 56.2 Å². The molecule has 85 heavy (non-hydrogen) atoms. The molecule has 0 amide bonds. The minimum absolute atomic E-state index is 0.00989. The summed E-state index contributed by atoms with van der Waals surface area (Å²) >= 11 is 1.90. The molecule has 11 heteroatoms. The van der Waals surface area contributed by atoms with E-state index in [-0.39, 0.29) is 13.4 Å². The van der Waals surface area contributed by atoms with Crippen molar-refractivity contribution in [3.63, 3.8) is 0 Å². The number of fused-ring (bicyclic) bond motifs is 29. The molecule has 0 spiro atoms. The third kappa shape index (κ3) is 5.93. The molecular weight excluding hydrogens is 1060 g/mol. The molecule has 0 radical (unpaired) electrons. The zero-order chi connectivity index (χ0) is 56.7. The van der Waals surface area contributed by atoms with Crippen molar-refractivity contribution in [2.45, 2.75) is 55.4 Å². The summed E-state index contributed by atoms with van der Waals surface area (Å²) in [7, 11) is 0. The Morgan fingerprint density at radius 1 is 0.400 bits per heavy atom. The fourth-order valence-electron chi connectivity index (χ4n) is 15.9. The minimum Gasteiger partial charge on any atom is -0.458 e. The Balaban J connectivity index is 0.000000122. The molecule has 0 N–H and O–H groups in total. The van der Waals surface area contributed by atoms with Crippen LogP contribution in [0.15, 0.2) is 179 Å². The van der Waals surface area contributed by atoms with Gasteiger partial charge in [-0.25, -0.2) is 0 Å². The molecule has 0 unspecified atom stereocenters. The van der Waals surface area contributed by atoms with Crippen molar-refractivity contribution >= 4 is 166 Å². The van der Waals surface area contributed by atoms with Gasteiger partial charge in [0.05, 0.1) is 22.1 Å². The van der Waals surface area contributed by atoms with E-state index in [1.54, 1.807) is 0 Å². The van der Waals surface area contributed by atoms with Crippen LogP contribution in [0.5, 0.6) is 23.0 Å². The number of para-hydroxylation sites is 2. The quantitative estimate of drug-likeness (QED) is 0.142. The maximum atomic E-state index is 6.88. The smallest absolute Gasteiger partial charge is 0.259 e. The highest BCUT2D eigenvalue weighted by Gasteiger charge is 2.46. The predicted molar refractivity (Wildman–Crippen MR) is 356 cm³/mol. The van der Waals surface area contributed by atoms with Crippen LogP contribution in [-0.4, -0.2) is 31.4 Å². The first-order valence-corrected chi connectivity index (χ1v) is 30.5. The number of rotatable bonds is 0. The van der Waals surface area contributed by atoms with Crippen LogP contribution < -0.4 is 42.3 Å². The lowest BCUT2D eigenvalue weighted by Gasteiger charge is -2.32. The van der Waals surface area contributed by atoms with Crippen LogP contribution in [0.2, 0.25) is 0 Å². The number of ether oxygens (including phenoxy) is 2. The molecule has 0 bridgehead atoms. The molecule has 0 atom stereocenters. The first-order valence-electron chi connectivity index (χ1n) is 29.7. The van der Waals surface area contributed by atoms with Gasteiger partial charge >= 0.3 is 0 Å². The number of imidazole rings is 2. The van der Waals surface area contributed by atoms with E-state index in [1.807, 2.05) is 37.3 Å². The van der Waals surface area contributed by atoms with E-state index >= 15 is 0 Å². The third-order valence-electron chi connectivity index (χ3n) is 18.8. The number of aromatic nitrogens is 4. The molecule has 11 heterocycles. The topological polar surface area (TPSA) is 63.4 Å². The summed E-state index contributed by atoms with van der Waals surface area (Å²) in [5.74, 6) is 3.74. The molecule has 21 rings (SSSR count). The summed E-state index contributed by atoms with van der Waals surface area (Å²) < 4.78 is 38.1. The van der Waals surface area contributed by atoms with Crippen molar-refractivity contribution in [2.75, 3.05) is 0 Å². The summed E-state index contributed by atoms with van der Waals surface area (Å²) in [4.78, 5) is 1.31. The zero-order valence-corrected chi connectivity index (χ0v) is 49.0. The normalized spacial score (nSPS) is 13.3. The largest absolute Gasteiger partial charge is 0.458 e. The van der Waals surface area contributed by atoms with E-state index in [2.05, 4.69) is 217 Å². The van der Waals surface area contributed by atoms with Crippen LogP contribution in [-0.2, 0) is 0 Å². The highest BCUT2D eigenvalue weighted by Crippen LogP contribution is 2.47. The molecular formula is C74H52B2N4O4S. The Kier molecular flexibility index (Phi) is 9.24. The molecule has 17 aromatic rings. The second kappa shape index (κ2) is 16.5. The van der Waals surface area contributed by atoms with Crippen molar-refractivity contribution in [1.29, 1.82) is 0 Å². The average Bonchev–Trinajstić information content (AvgIpc) is 1.56. The Bertz CT molecular complexity index is 5940. The second-order valence-corrected chi connectivity index (χ2v) is 25.0. The Hall–Kier alpha value is -9.83. The molecule has 10 aromatic carbocycles. The Labute approximate surface area is 492 Å². The lowest BCUT2D eigenvalue weighted by Crippen LogP contribution is -2.58. The SMILES string of the molecule is CC.Cc1cc2c3c(c1)-n1c4c(C)cc(C)cc4n4c5oc6ccc7ccccc7c6c5c(c14)B3c1ccccc1O2.Cc1cc2c3c(c1)-n1c4c(C)cc(C)cc4n4c5sc6ccccc6c5c(c14)B3c1cc3oc4ccccc4c3cc1O2. The van der Waals surface area contributed by atoms with Crippen LogP contribution in [0.3, 0.4) is 0 Å². The molecule has 8 nitrogen and oxygen atoms in total. The van der Waals surface area contributed by atoms with Gasteiger partial charge in [-0.15, -0.1) is 11.3 Å². The van der Waals surface area contributed by atoms with Gasteiger partial charge < -0.3 is 18.3 Å². The highest BCUT2D eigenvalue weighted by atomic mass is 32.1. The van der Waals surface area contributed by atoms with Gasteiger partial charge in [0, 0.05) is 48.4 Å². The maximum absolute atomic E-state index is 6.88. The number of aryl methyl sites for hydroxylation is 6. The molecule has 404 valence electrons. The summed E-state index contributed by atoms with van der Waals surface area (Å²) in [5, 5.41) is 9.72. The number of thiophene rings is 1. The van der Waals surface area contributed by atoms with Crippen molar-refractivity contribution in [2.24, 2.45) is 0 Å². The number of benzene rings is 10. The fraction of sp³-hybridized carbons (Fsp3) is 0.108. The minimum atomic E-state index is 0.00989. The maximum Gasteiger partial charge on any atom is 0.259 e. The average molecular weight is 1110 g/mol. The van der Waals surface area contributed by atoms with Gasteiger partial charge in [0.15, 0.2) is 0 Å². The monoisotopic (exact) mass is 1110 g/mol. The van der Waals surface area contributed by atoms with Crippen LogP contribution in [0.4, 0.5) is 0 Å². The third-order valence-corrected chi connectivity index (χ3v) is 20.0. The summed E-state index contributed by atoms with van der Waals surface area (Å²) in [6.07, 6.45) is 0. The van der Waals surface area contributed by atoms with E-state index in [0.29, 0.717) is 0 Å². The fourth-order valence-corrected chi connectivity index (χ4v) is 17.2. The summed E-state index contributed by atoms with van der Waals surface area (Å²) in [5.41, 5.74) is 28.4. The first kappa shape index (κ1) is 47.6. The predicted octanol–water partition coefficient (Wildman–Crippen LogP) is 15.8. The van der Waals surface area contributed by atoms with Gasteiger partial charge in [-0.1, -0.05) is 111 Å². The van der Waals surface area contributed by atoms with Crippen LogP contribution in [0, 0.1) is 41.5 Å². The van der Waals surface area contributed by atoms with Gasteiger partial charge in [0.2, 0.25) is 5.71 Å². The van der Waals surface area contributed by atoms with Crippen LogP contribution >= 0.6 is 11.3 Å². The summed E-state index contributed by atoms with van der Waals surface area (Å²) in [6, 6.07) is 61.5. The molecule has 7 aromatic heterocycles. The van der Waals surface area contributed by atoms with Crippen molar-refractivity contribution < 1.29 is 18.3 Å². The number of furan rings is 2. The van der Waals surface area contributed by atoms with Gasteiger partial charge in [0.25, 0.3) is 13.4 Å². The van der Waals surface area contributed by atoms with E-state index < -0.39 is 0 Å². The first-order chi connectivity index (χ1) is 41.6. The molecule has 4 aliphatic rings. The lowest BCUT2D eigenvalue weighted by atomic mass is 9.34. The van der Waals surface area contributed by atoms with Gasteiger partial charge in [0.1, 0.15) is 55.9 Å². The van der Waals surface area contributed by atoms with Crippen LogP contribution in [0.25, 0.3) is 120 Å². The van der Waals surface area contributed by atoms with Gasteiger partial charge in [-0.3, -0.25) is 17.9 Å². The van der Waals surface area contributed by atoms with E-state index in [1.165, 1.54) is 153 Å². The van der Waals surface area contributed by atoms with Crippen LogP contribution in [0.1, 0.15) is 47.2 Å². The Morgan fingerprint density at radius 2 is 0.988 bits per heavy atom. The van der Waals surface area contributed by atoms with Crippen molar-refractivity contribution in [3.8, 4) is 34.4 Å². The molecule has 0 fully saturated rings. The molecule has 0 aliphatic carbocycles. The van der Waals surface area contributed by atoms with Gasteiger partial charge in [-0.05, 0) is 191 Å². The van der Waals surface area contributed by atoms with E-state index in [4.69, 9.17) is 18.3 Å².